The van der Waals surface area contributed by atoms with Gasteiger partial charge in [0.15, 0.2) is 5.12 Å². The average molecular weight is 238 g/mol. The molecule has 0 bridgehead atoms. The molecule has 3 heteroatoms. The largest absolute Gasteiger partial charge is 0.288 e. The second-order valence-electron chi connectivity index (χ2n) is 2.98. The molecule has 0 saturated heterocycles. The summed E-state index contributed by atoms with van der Waals surface area (Å²) >= 11 is 3.06. The fourth-order valence-corrected chi connectivity index (χ4v) is 1.99. The van der Waals surface area contributed by atoms with Crippen LogP contribution in [0.4, 0.5) is 0 Å². The first kappa shape index (κ1) is 12.4. The van der Waals surface area contributed by atoms with E-state index >= 15 is 0 Å². The summed E-state index contributed by atoms with van der Waals surface area (Å²) in [5.74, 6) is 0.749. The standard InChI is InChI=1S/C12H14OS2/c1-10(13)15-8-4-6-11-5-3-7-12(9-11)14-2/h3-7,9H,8H2,1-2H3. The van der Waals surface area contributed by atoms with Gasteiger partial charge in [0.2, 0.25) is 0 Å². The monoisotopic (exact) mass is 238 g/mol. The summed E-state index contributed by atoms with van der Waals surface area (Å²) in [5, 5.41) is 0.164. The summed E-state index contributed by atoms with van der Waals surface area (Å²) in [6.45, 7) is 1.59. The van der Waals surface area contributed by atoms with Crippen molar-refractivity contribution in [3.05, 3.63) is 35.9 Å². The lowest BCUT2D eigenvalue weighted by molar-refractivity contribution is -0.109. The van der Waals surface area contributed by atoms with Crippen molar-refractivity contribution in [2.24, 2.45) is 0 Å². The maximum Gasteiger partial charge on any atom is 0.186 e. The molecule has 0 spiro atoms. The number of carbonyl (C=O) groups excluding carboxylic acids is 1. The highest BCUT2D eigenvalue weighted by molar-refractivity contribution is 8.13. The van der Waals surface area contributed by atoms with Crippen LogP contribution in [0.3, 0.4) is 0 Å². The lowest BCUT2D eigenvalue weighted by Crippen LogP contribution is -1.81. The summed E-state index contributed by atoms with van der Waals surface area (Å²) in [6.07, 6.45) is 6.13. The molecule has 0 N–H and O–H groups in total. The fourth-order valence-electron chi connectivity index (χ4n) is 1.09. The van der Waals surface area contributed by atoms with Gasteiger partial charge in [-0.3, -0.25) is 4.79 Å². The minimum absolute atomic E-state index is 0.164. The van der Waals surface area contributed by atoms with Gasteiger partial charge in [-0.2, -0.15) is 0 Å². The van der Waals surface area contributed by atoms with Crippen LogP contribution in [0.5, 0.6) is 0 Å². The van der Waals surface area contributed by atoms with Gasteiger partial charge in [-0.15, -0.1) is 11.8 Å². The minimum atomic E-state index is 0.164. The van der Waals surface area contributed by atoms with Gasteiger partial charge < -0.3 is 0 Å². The number of hydrogen-bond donors (Lipinski definition) is 0. The Kier molecular flexibility index (Phi) is 5.58. The molecule has 80 valence electrons. The lowest BCUT2D eigenvalue weighted by Gasteiger charge is -1.97. The molecule has 0 saturated carbocycles. The van der Waals surface area contributed by atoms with E-state index in [4.69, 9.17) is 0 Å². The predicted molar refractivity (Wildman–Crippen MR) is 70.4 cm³/mol. The average Bonchev–Trinajstić information content (AvgIpc) is 2.24. The van der Waals surface area contributed by atoms with Crippen molar-refractivity contribution >= 4 is 34.7 Å². The molecular formula is C12H14OS2. The van der Waals surface area contributed by atoms with E-state index in [0.29, 0.717) is 0 Å². The Hall–Kier alpha value is -0.670. The van der Waals surface area contributed by atoms with Gasteiger partial charge in [0, 0.05) is 17.6 Å². The van der Waals surface area contributed by atoms with Crippen LogP contribution >= 0.6 is 23.5 Å². The molecule has 0 heterocycles. The van der Waals surface area contributed by atoms with E-state index in [2.05, 4.69) is 30.5 Å². The predicted octanol–water partition coefficient (Wildman–Crippen LogP) is 3.70. The summed E-state index contributed by atoms with van der Waals surface area (Å²) < 4.78 is 0. The van der Waals surface area contributed by atoms with E-state index in [9.17, 15) is 4.79 Å². The Morgan fingerprint density at radius 1 is 1.47 bits per heavy atom. The third-order valence-corrected chi connectivity index (χ3v) is 3.28. The Balaban J connectivity index is 2.52. The van der Waals surface area contributed by atoms with Crippen molar-refractivity contribution in [2.75, 3.05) is 12.0 Å². The van der Waals surface area contributed by atoms with Gasteiger partial charge in [-0.1, -0.05) is 36.0 Å². The van der Waals surface area contributed by atoms with Crippen LogP contribution in [0.1, 0.15) is 12.5 Å². The summed E-state index contributed by atoms with van der Waals surface area (Å²) in [7, 11) is 0. The topological polar surface area (TPSA) is 17.1 Å². The van der Waals surface area contributed by atoms with Gasteiger partial charge in [-0.05, 0) is 24.0 Å². The van der Waals surface area contributed by atoms with Crippen molar-refractivity contribution in [2.45, 2.75) is 11.8 Å². The maximum absolute atomic E-state index is 10.7. The smallest absolute Gasteiger partial charge is 0.186 e. The van der Waals surface area contributed by atoms with Crippen LogP contribution in [0.25, 0.3) is 6.08 Å². The van der Waals surface area contributed by atoms with Crippen molar-refractivity contribution in [1.82, 2.24) is 0 Å². The third-order valence-electron chi connectivity index (χ3n) is 1.79. The van der Waals surface area contributed by atoms with Crippen molar-refractivity contribution < 1.29 is 4.79 Å². The molecule has 1 rings (SSSR count). The molecule has 0 radical (unpaired) electrons. The highest BCUT2D eigenvalue weighted by Crippen LogP contribution is 2.16. The molecule has 0 amide bonds. The van der Waals surface area contributed by atoms with E-state index < -0.39 is 0 Å². The Morgan fingerprint density at radius 2 is 2.27 bits per heavy atom. The lowest BCUT2D eigenvalue weighted by atomic mass is 10.2. The van der Waals surface area contributed by atoms with Gasteiger partial charge in [0.25, 0.3) is 0 Å². The van der Waals surface area contributed by atoms with E-state index in [1.54, 1.807) is 18.7 Å². The van der Waals surface area contributed by atoms with Crippen molar-refractivity contribution in [3.8, 4) is 0 Å². The molecule has 1 aromatic carbocycles. The summed E-state index contributed by atoms with van der Waals surface area (Å²) in [4.78, 5) is 11.9. The Labute approximate surface area is 99.3 Å². The molecule has 0 aromatic heterocycles. The Morgan fingerprint density at radius 3 is 2.93 bits per heavy atom. The number of carbonyl (C=O) groups is 1. The highest BCUT2D eigenvalue weighted by Gasteiger charge is 1.92. The zero-order valence-electron chi connectivity index (χ0n) is 8.90. The van der Waals surface area contributed by atoms with Crippen molar-refractivity contribution in [1.29, 1.82) is 0 Å². The van der Waals surface area contributed by atoms with Gasteiger partial charge in [0.05, 0.1) is 0 Å². The molecule has 1 aromatic rings. The normalized spacial score (nSPS) is 10.8. The number of benzene rings is 1. The van der Waals surface area contributed by atoms with Crippen LogP contribution in [0.15, 0.2) is 35.2 Å². The van der Waals surface area contributed by atoms with E-state index in [1.807, 2.05) is 12.1 Å². The van der Waals surface area contributed by atoms with E-state index in [0.717, 1.165) is 5.75 Å². The minimum Gasteiger partial charge on any atom is -0.288 e. The van der Waals surface area contributed by atoms with Crippen LogP contribution in [-0.4, -0.2) is 17.1 Å². The first-order valence-corrected chi connectivity index (χ1v) is 6.87. The zero-order chi connectivity index (χ0) is 11.1. The number of hydrogen-bond acceptors (Lipinski definition) is 3. The van der Waals surface area contributed by atoms with Gasteiger partial charge >= 0.3 is 0 Å². The summed E-state index contributed by atoms with van der Waals surface area (Å²) in [6, 6.07) is 8.34. The van der Waals surface area contributed by atoms with Crippen molar-refractivity contribution in [3.63, 3.8) is 0 Å². The first-order valence-electron chi connectivity index (χ1n) is 4.66. The molecular weight excluding hydrogens is 224 g/mol. The van der Waals surface area contributed by atoms with Gasteiger partial charge in [0.1, 0.15) is 0 Å². The van der Waals surface area contributed by atoms with E-state index in [-0.39, 0.29) is 5.12 Å². The second-order valence-corrected chi connectivity index (χ2v) is 5.06. The second kappa shape index (κ2) is 6.75. The van der Waals surface area contributed by atoms with Crippen LogP contribution in [0.2, 0.25) is 0 Å². The molecule has 1 nitrogen and oxygen atoms in total. The molecule has 0 fully saturated rings. The third kappa shape index (κ3) is 5.09. The Bertz CT molecular complexity index is 358. The van der Waals surface area contributed by atoms with E-state index in [1.165, 1.54) is 22.2 Å². The van der Waals surface area contributed by atoms with Gasteiger partial charge in [-0.25, -0.2) is 0 Å². The van der Waals surface area contributed by atoms with Crippen LogP contribution in [-0.2, 0) is 4.79 Å². The number of thioether (sulfide) groups is 2. The quantitative estimate of drug-likeness (QED) is 0.744. The number of rotatable bonds is 4. The van der Waals surface area contributed by atoms with Crippen LogP contribution in [0, 0.1) is 0 Å². The molecule has 15 heavy (non-hydrogen) atoms. The zero-order valence-corrected chi connectivity index (χ0v) is 10.5. The molecule has 0 aliphatic carbocycles. The maximum atomic E-state index is 10.7. The SMILES string of the molecule is CSc1cccc(C=CCSC(C)=O)c1. The fraction of sp³-hybridized carbons (Fsp3) is 0.250. The van der Waals surface area contributed by atoms with Crippen LogP contribution < -0.4 is 0 Å². The molecule has 0 atom stereocenters. The first-order chi connectivity index (χ1) is 7.22. The highest BCUT2D eigenvalue weighted by atomic mass is 32.2. The molecule has 0 aliphatic heterocycles. The summed E-state index contributed by atoms with van der Waals surface area (Å²) in [5.41, 5.74) is 1.19. The molecule has 0 unspecified atom stereocenters. The molecule has 0 aliphatic rings.